The standard InChI is InChI=1S/C18H11ClN4O5/c19-12-6-5-10(7-15(12)23(26)27)18(25)28-9-16(24)11(8-20)17-21-13-3-1-2-4-14(13)22-17/h1-7,24H,9H2,(H,21,22). The third-order valence-electron chi connectivity index (χ3n) is 3.75. The summed E-state index contributed by atoms with van der Waals surface area (Å²) in [4.78, 5) is 29.4. The van der Waals surface area contributed by atoms with Crippen molar-refractivity contribution in [2.24, 2.45) is 0 Å². The maximum absolute atomic E-state index is 12.1. The van der Waals surface area contributed by atoms with E-state index in [1.807, 2.05) is 6.07 Å². The summed E-state index contributed by atoms with van der Waals surface area (Å²) in [6.45, 7) is -0.616. The number of aliphatic hydroxyl groups is 1. The highest BCUT2D eigenvalue weighted by Gasteiger charge is 2.19. The molecule has 140 valence electrons. The Morgan fingerprint density at radius 1 is 1.36 bits per heavy atom. The summed E-state index contributed by atoms with van der Waals surface area (Å²) in [7, 11) is 0. The minimum absolute atomic E-state index is 0.119. The van der Waals surface area contributed by atoms with Crippen LogP contribution in [0.1, 0.15) is 16.2 Å². The molecule has 1 heterocycles. The Morgan fingerprint density at radius 2 is 2.11 bits per heavy atom. The monoisotopic (exact) mass is 398 g/mol. The van der Waals surface area contributed by atoms with Gasteiger partial charge in [0.15, 0.2) is 11.6 Å². The molecule has 0 aliphatic rings. The van der Waals surface area contributed by atoms with Gasteiger partial charge in [0, 0.05) is 6.07 Å². The van der Waals surface area contributed by atoms with E-state index >= 15 is 0 Å². The number of hydrogen-bond donors (Lipinski definition) is 2. The van der Waals surface area contributed by atoms with Gasteiger partial charge in [-0.15, -0.1) is 0 Å². The number of allylic oxidation sites excluding steroid dienone is 1. The van der Waals surface area contributed by atoms with Crippen molar-refractivity contribution >= 4 is 39.9 Å². The van der Waals surface area contributed by atoms with E-state index in [-0.39, 0.29) is 22.0 Å². The number of nitro benzene ring substituents is 1. The molecule has 0 bridgehead atoms. The van der Waals surface area contributed by atoms with Gasteiger partial charge in [-0.3, -0.25) is 10.1 Å². The van der Waals surface area contributed by atoms with Gasteiger partial charge >= 0.3 is 5.97 Å². The molecule has 0 aliphatic carbocycles. The van der Waals surface area contributed by atoms with E-state index in [0.29, 0.717) is 11.0 Å². The van der Waals surface area contributed by atoms with E-state index in [4.69, 9.17) is 16.3 Å². The topological polar surface area (TPSA) is 142 Å². The number of nitrogens with zero attached hydrogens (tertiary/aromatic N) is 3. The molecule has 0 aliphatic heterocycles. The van der Waals surface area contributed by atoms with Crippen LogP contribution >= 0.6 is 11.6 Å². The fourth-order valence-corrected chi connectivity index (χ4v) is 2.58. The van der Waals surface area contributed by atoms with Gasteiger partial charge in [-0.25, -0.2) is 9.78 Å². The molecule has 28 heavy (non-hydrogen) atoms. The summed E-state index contributed by atoms with van der Waals surface area (Å²) >= 11 is 5.70. The number of halogens is 1. The number of rotatable bonds is 5. The van der Waals surface area contributed by atoms with Gasteiger partial charge in [0.25, 0.3) is 5.69 Å². The second kappa shape index (κ2) is 7.77. The molecule has 0 radical (unpaired) electrons. The molecular weight excluding hydrogens is 388 g/mol. The van der Waals surface area contributed by atoms with E-state index < -0.39 is 28.9 Å². The summed E-state index contributed by atoms with van der Waals surface area (Å²) in [5.41, 5.74) is 0.514. The zero-order valence-electron chi connectivity index (χ0n) is 14.0. The molecule has 1 aromatic heterocycles. The Balaban J connectivity index is 1.80. The van der Waals surface area contributed by atoms with Gasteiger partial charge < -0.3 is 14.8 Å². The zero-order valence-corrected chi connectivity index (χ0v) is 14.8. The molecule has 3 rings (SSSR count). The quantitative estimate of drug-likeness (QED) is 0.219. The Hall–Kier alpha value is -3.90. The first-order chi connectivity index (χ1) is 13.4. The number of nitriles is 1. The summed E-state index contributed by atoms with van der Waals surface area (Å²) in [6.07, 6.45) is 0. The normalized spacial score (nSPS) is 11.6. The molecule has 3 aromatic rings. The predicted octanol–water partition coefficient (Wildman–Crippen LogP) is 3.77. The van der Waals surface area contributed by atoms with Crippen LogP contribution in [0, 0.1) is 21.4 Å². The highest BCUT2D eigenvalue weighted by atomic mass is 35.5. The van der Waals surface area contributed by atoms with Crippen molar-refractivity contribution in [3.05, 3.63) is 74.7 Å². The summed E-state index contributed by atoms with van der Waals surface area (Å²) in [6, 6.07) is 12.3. The van der Waals surface area contributed by atoms with Crippen LogP contribution in [0.2, 0.25) is 5.02 Å². The van der Waals surface area contributed by atoms with Crippen LogP contribution in [0.3, 0.4) is 0 Å². The number of hydrogen-bond acceptors (Lipinski definition) is 7. The minimum Gasteiger partial charge on any atom is -0.507 e. The number of carbonyl (C=O) groups excluding carboxylic acids is 1. The fourth-order valence-electron chi connectivity index (χ4n) is 2.39. The van der Waals surface area contributed by atoms with Gasteiger partial charge in [-0.05, 0) is 24.3 Å². The molecule has 9 nitrogen and oxygen atoms in total. The number of aliphatic hydroxyl groups excluding tert-OH is 1. The van der Waals surface area contributed by atoms with Crippen LogP contribution in [0.15, 0.2) is 48.2 Å². The number of para-hydroxylation sites is 2. The van der Waals surface area contributed by atoms with E-state index in [1.165, 1.54) is 12.1 Å². The van der Waals surface area contributed by atoms with Gasteiger partial charge in [-0.2, -0.15) is 5.26 Å². The number of aromatic amines is 1. The molecule has 2 aromatic carbocycles. The number of nitrogens with one attached hydrogen (secondary N) is 1. The average Bonchev–Trinajstić information content (AvgIpc) is 3.10. The average molecular weight is 399 g/mol. The third-order valence-corrected chi connectivity index (χ3v) is 4.06. The van der Waals surface area contributed by atoms with Crippen molar-refractivity contribution in [3.63, 3.8) is 0 Å². The first-order valence-electron chi connectivity index (χ1n) is 7.79. The van der Waals surface area contributed by atoms with Crippen molar-refractivity contribution in [2.75, 3.05) is 6.61 Å². The lowest BCUT2D eigenvalue weighted by Crippen LogP contribution is -2.09. The fraction of sp³-hybridized carbons (Fsp3) is 0.0556. The highest BCUT2D eigenvalue weighted by Crippen LogP contribution is 2.25. The Kier molecular flexibility index (Phi) is 5.24. The van der Waals surface area contributed by atoms with E-state index in [0.717, 1.165) is 6.07 Å². The number of H-pyrrole nitrogens is 1. The molecule has 0 saturated carbocycles. The van der Waals surface area contributed by atoms with Crippen LogP contribution < -0.4 is 0 Å². The molecule has 0 atom stereocenters. The second-order valence-corrected chi connectivity index (χ2v) is 5.94. The lowest BCUT2D eigenvalue weighted by Gasteiger charge is -2.06. The van der Waals surface area contributed by atoms with Crippen LogP contribution in [0.4, 0.5) is 5.69 Å². The SMILES string of the molecule is N#CC(=C(O)COC(=O)c1ccc(Cl)c([N+](=O)[O-])c1)c1nc2ccccc2[nH]1. The number of fused-ring (bicyclic) bond motifs is 1. The number of benzene rings is 2. The van der Waals surface area contributed by atoms with Crippen LogP contribution in [-0.2, 0) is 4.74 Å². The molecular formula is C18H11ClN4O5. The third kappa shape index (κ3) is 3.77. The number of esters is 1. The molecule has 10 heteroatoms. The molecule has 0 amide bonds. The molecule has 0 spiro atoms. The largest absolute Gasteiger partial charge is 0.507 e. The maximum atomic E-state index is 12.1. The van der Waals surface area contributed by atoms with E-state index in [1.54, 1.807) is 24.3 Å². The van der Waals surface area contributed by atoms with Crippen LogP contribution in [0.25, 0.3) is 16.6 Å². The lowest BCUT2D eigenvalue weighted by molar-refractivity contribution is -0.384. The number of carbonyl (C=O) groups is 1. The smallest absolute Gasteiger partial charge is 0.338 e. The first kappa shape index (κ1) is 18.9. The van der Waals surface area contributed by atoms with Gasteiger partial charge in [0.05, 0.1) is 21.5 Å². The second-order valence-electron chi connectivity index (χ2n) is 5.54. The van der Waals surface area contributed by atoms with Crippen LogP contribution in [0.5, 0.6) is 0 Å². The van der Waals surface area contributed by atoms with Gasteiger partial charge in [-0.1, -0.05) is 23.7 Å². The Morgan fingerprint density at radius 3 is 2.79 bits per heavy atom. The molecule has 0 fully saturated rings. The highest BCUT2D eigenvalue weighted by molar-refractivity contribution is 6.32. The Labute approximate surface area is 162 Å². The van der Waals surface area contributed by atoms with E-state index in [2.05, 4.69) is 9.97 Å². The van der Waals surface area contributed by atoms with Gasteiger partial charge in [0.1, 0.15) is 23.3 Å². The van der Waals surface area contributed by atoms with Crippen molar-refractivity contribution < 1.29 is 19.6 Å². The molecule has 0 saturated heterocycles. The summed E-state index contributed by atoms with van der Waals surface area (Å²) in [5, 5.41) is 30.3. The summed E-state index contributed by atoms with van der Waals surface area (Å²) < 4.78 is 4.94. The number of nitro groups is 1. The number of ether oxygens (including phenoxy) is 1. The first-order valence-corrected chi connectivity index (χ1v) is 8.17. The van der Waals surface area contributed by atoms with E-state index in [9.17, 15) is 25.3 Å². The maximum Gasteiger partial charge on any atom is 0.338 e. The predicted molar refractivity (Wildman–Crippen MR) is 99.6 cm³/mol. The van der Waals surface area contributed by atoms with Crippen molar-refractivity contribution in [1.82, 2.24) is 9.97 Å². The van der Waals surface area contributed by atoms with Gasteiger partial charge in [0.2, 0.25) is 0 Å². The summed E-state index contributed by atoms with van der Waals surface area (Å²) in [5.74, 6) is -1.31. The number of aromatic nitrogens is 2. The minimum atomic E-state index is -0.923. The molecule has 0 unspecified atom stereocenters. The van der Waals surface area contributed by atoms with Crippen molar-refractivity contribution in [3.8, 4) is 6.07 Å². The Bertz CT molecular complexity index is 1130. The molecule has 2 N–H and O–H groups in total. The van der Waals surface area contributed by atoms with Crippen molar-refractivity contribution in [2.45, 2.75) is 0 Å². The van der Waals surface area contributed by atoms with Crippen LogP contribution in [-0.4, -0.2) is 32.6 Å². The zero-order chi connectivity index (χ0) is 20.3. The lowest BCUT2D eigenvalue weighted by atomic mass is 10.2. The van der Waals surface area contributed by atoms with Crippen molar-refractivity contribution in [1.29, 1.82) is 5.26 Å². The number of imidazole rings is 1.